The van der Waals surface area contributed by atoms with Crippen LogP contribution in [0.15, 0.2) is 67.1 Å². The average Bonchev–Trinajstić information content (AvgIpc) is 3.51. The standard InChI is InChI=1S/C27H20FN7O2/c1-2-24(37)31-17-8-15(12-29-13-17)20-3-4-22-26(33-20)27(35-34-22)23-11-19-21(32-23)5-6-30-25(19)14-7-16(28)10-18(36)9-14/h3-13,32,36H,2H2,1H3,(H,31,37)(H,34,35). The molecule has 5 aromatic heterocycles. The molecule has 182 valence electrons. The lowest BCUT2D eigenvalue weighted by atomic mass is 10.1. The van der Waals surface area contributed by atoms with Crippen molar-refractivity contribution in [3.05, 3.63) is 72.9 Å². The van der Waals surface area contributed by atoms with Crippen LogP contribution in [-0.2, 0) is 4.79 Å². The average molecular weight is 494 g/mol. The normalized spacial score (nSPS) is 11.3. The number of benzene rings is 1. The molecule has 9 nitrogen and oxygen atoms in total. The van der Waals surface area contributed by atoms with Crippen LogP contribution in [0, 0.1) is 5.82 Å². The van der Waals surface area contributed by atoms with Crippen LogP contribution in [-0.4, -0.2) is 41.1 Å². The van der Waals surface area contributed by atoms with Gasteiger partial charge in [-0.2, -0.15) is 5.10 Å². The molecule has 6 rings (SSSR count). The minimum atomic E-state index is -0.549. The Morgan fingerprint density at radius 2 is 1.92 bits per heavy atom. The summed E-state index contributed by atoms with van der Waals surface area (Å²) in [5.41, 5.74) is 6.47. The summed E-state index contributed by atoms with van der Waals surface area (Å²) in [6.45, 7) is 1.79. The van der Waals surface area contributed by atoms with Crippen LogP contribution in [0.1, 0.15) is 13.3 Å². The van der Waals surface area contributed by atoms with Crippen molar-refractivity contribution in [2.75, 3.05) is 5.32 Å². The van der Waals surface area contributed by atoms with E-state index in [4.69, 9.17) is 4.98 Å². The highest BCUT2D eigenvalue weighted by atomic mass is 19.1. The van der Waals surface area contributed by atoms with Gasteiger partial charge in [-0.3, -0.25) is 19.9 Å². The van der Waals surface area contributed by atoms with E-state index in [0.29, 0.717) is 46.0 Å². The molecular formula is C27H20FN7O2. The van der Waals surface area contributed by atoms with Crippen molar-refractivity contribution in [2.45, 2.75) is 13.3 Å². The topological polar surface area (TPSA) is 132 Å². The fraction of sp³-hybridized carbons (Fsp3) is 0.0741. The van der Waals surface area contributed by atoms with E-state index in [1.165, 1.54) is 12.1 Å². The van der Waals surface area contributed by atoms with Crippen molar-refractivity contribution in [3.63, 3.8) is 0 Å². The van der Waals surface area contributed by atoms with Gasteiger partial charge >= 0.3 is 0 Å². The molecule has 0 saturated heterocycles. The summed E-state index contributed by atoms with van der Waals surface area (Å²) in [7, 11) is 0. The van der Waals surface area contributed by atoms with E-state index < -0.39 is 5.82 Å². The number of phenolic OH excluding ortho intramolecular Hbond substituents is 1. The molecule has 6 aromatic rings. The predicted molar refractivity (Wildman–Crippen MR) is 138 cm³/mol. The van der Waals surface area contributed by atoms with Crippen molar-refractivity contribution in [1.82, 2.24) is 30.1 Å². The summed E-state index contributed by atoms with van der Waals surface area (Å²) in [6.07, 6.45) is 5.27. The zero-order valence-electron chi connectivity index (χ0n) is 19.6. The van der Waals surface area contributed by atoms with E-state index in [2.05, 4.69) is 30.5 Å². The smallest absolute Gasteiger partial charge is 0.224 e. The third kappa shape index (κ3) is 4.14. The van der Waals surface area contributed by atoms with E-state index in [1.807, 2.05) is 30.3 Å². The Morgan fingerprint density at radius 3 is 2.76 bits per heavy atom. The highest BCUT2D eigenvalue weighted by molar-refractivity contribution is 5.99. The van der Waals surface area contributed by atoms with Gasteiger partial charge in [0, 0.05) is 46.9 Å². The second kappa shape index (κ2) is 8.83. The summed E-state index contributed by atoms with van der Waals surface area (Å²) in [6, 6.07) is 13.1. The molecule has 5 heterocycles. The van der Waals surface area contributed by atoms with Gasteiger partial charge in [0.25, 0.3) is 0 Å². The summed E-state index contributed by atoms with van der Waals surface area (Å²) in [5, 5.41) is 20.9. The van der Waals surface area contributed by atoms with Gasteiger partial charge < -0.3 is 15.4 Å². The quantitative estimate of drug-likeness (QED) is 0.253. The van der Waals surface area contributed by atoms with Crippen molar-refractivity contribution >= 4 is 33.5 Å². The van der Waals surface area contributed by atoms with Crippen molar-refractivity contribution in [1.29, 1.82) is 0 Å². The molecule has 0 aliphatic heterocycles. The Kier molecular flexibility index (Phi) is 5.33. The molecule has 4 N–H and O–H groups in total. The van der Waals surface area contributed by atoms with Gasteiger partial charge in [-0.25, -0.2) is 9.37 Å². The van der Waals surface area contributed by atoms with E-state index in [9.17, 15) is 14.3 Å². The third-order valence-electron chi connectivity index (χ3n) is 6.01. The van der Waals surface area contributed by atoms with Gasteiger partial charge in [0.2, 0.25) is 5.91 Å². The number of aromatic nitrogens is 6. The minimum absolute atomic E-state index is 0.0967. The van der Waals surface area contributed by atoms with E-state index >= 15 is 0 Å². The van der Waals surface area contributed by atoms with Crippen LogP contribution in [0.3, 0.4) is 0 Å². The fourth-order valence-corrected chi connectivity index (χ4v) is 4.27. The number of anilines is 1. The molecule has 10 heteroatoms. The molecule has 0 fully saturated rings. The fourth-order valence-electron chi connectivity index (χ4n) is 4.27. The monoisotopic (exact) mass is 493 g/mol. The summed E-state index contributed by atoms with van der Waals surface area (Å²) in [5.74, 6) is -0.819. The van der Waals surface area contributed by atoms with E-state index in [-0.39, 0.29) is 11.7 Å². The van der Waals surface area contributed by atoms with Crippen molar-refractivity contribution in [2.24, 2.45) is 0 Å². The molecule has 0 aliphatic rings. The molecule has 0 atom stereocenters. The Balaban J connectivity index is 1.43. The first kappa shape index (κ1) is 22.4. The number of carbonyl (C=O) groups excluding carboxylic acids is 1. The number of H-pyrrole nitrogens is 2. The maximum absolute atomic E-state index is 14.0. The number of fused-ring (bicyclic) bond motifs is 2. The maximum Gasteiger partial charge on any atom is 0.224 e. The lowest BCUT2D eigenvalue weighted by Crippen LogP contribution is -2.09. The first-order valence-electron chi connectivity index (χ1n) is 11.6. The number of nitrogens with zero attached hydrogens (tertiary/aromatic N) is 4. The van der Waals surface area contributed by atoms with Gasteiger partial charge in [0.15, 0.2) is 0 Å². The number of hydrogen-bond donors (Lipinski definition) is 4. The number of nitrogens with one attached hydrogen (secondary N) is 3. The van der Waals surface area contributed by atoms with Crippen molar-refractivity contribution in [3.8, 4) is 39.7 Å². The number of rotatable bonds is 5. The SMILES string of the molecule is CCC(=O)Nc1cncc(-c2ccc3[nH]nc(-c4cc5c(-c6cc(O)cc(F)c6)nccc5[nH]4)c3n2)c1. The zero-order chi connectivity index (χ0) is 25.5. The maximum atomic E-state index is 14.0. The summed E-state index contributed by atoms with van der Waals surface area (Å²) < 4.78 is 14.0. The molecule has 0 spiro atoms. The Bertz CT molecular complexity index is 1790. The van der Waals surface area contributed by atoms with Gasteiger partial charge in [-0.05, 0) is 42.5 Å². The van der Waals surface area contributed by atoms with Crippen LogP contribution in [0.4, 0.5) is 10.1 Å². The number of aromatic hydroxyl groups is 1. The predicted octanol–water partition coefficient (Wildman–Crippen LogP) is 5.42. The first-order chi connectivity index (χ1) is 18.0. The second-order valence-corrected chi connectivity index (χ2v) is 8.53. The molecule has 0 radical (unpaired) electrons. The third-order valence-corrected chi connectivity index (χ3v) is 6.01. The van der Waals surface area contributed by atoms with Gasteiger partial charge in [0.05, 0.1) is 34.5 Å². The number of hydrogen-bond acceptors (Lipinski definition) is 6. The van der Waals surface area contributed by atoms with E-state index in [1.54, 1.807) is 25.5 Å². The van der Waals surface area contributed by atoms with Gasteiger partial charge in [-0.1, -0.05) is 6.92 Å². The Morgan fingerprint density at radius 1 is 1.03 bits per heavy atom. The summed E-state index contributed by atoms with van der Waals surface area (Å²) >= 11 is 0. The Hall–Kier alpha value is -5.12. The summed E-state index contributed by atoms with van der Waals surface area (Å²) in [4.78, 5) is 28.6. The highest BCUT2D eigenvalue weighted by Crippen LogP contribution is 2.34. The van der Waals surface area contributed by atoms with Crippen LogP contribution < -0.4 is 5.32 Å². The van der Waals surface area contributed by atoms with Crippen LogP contribution >= 0.6 is 0 Å². The molecule has 1 amide bonds. The van der Waals surface area contributed by atoms with Crippen LogP contribution in [0.2, 0.25) is 0 Å². The first-order valence-corrected chi connectivity index (χ1v) is 11.6. The van der Waals surface area contributed by atoms with Crippen LogP contribution in [0.5, 0.6) is 5.75 Å². The lowest BCUT2D eigenvalue weighted by molar-refractivity contribution is -0.115. The zero-order valence-corrected chi connectivity index (χ0v) is 19.6. The molecule has 1 aromatic carbocycles. The number of amides is 1. The van der Waals surface area contributed by atoms with Crippen molar-refractivity contribution < 1.29 is 14.3 Å². The minimum Gasteiger partial charge on any atom is -0.508 e. The molecule has 0 unspecified atom stereocenters. The molecule has 37 heavy (non-hydrogen) atoms. The molecule has 0 saturated carbocycles. The Labute approximate surface area is 209 Å². The highest BCUT2D eigenvalue weighted by Gasteiger charge is 2.17. The number of pyridine rings is 3. The lowest BCUT2D eigenvalue weighted by Gasteiger charge is -2.06. The molecule has 0 aliphatic carbocycles. The molecule has 0 bridgehead atoms. The second-order valence-electron chi connectivity index (χ2n) is 8.53. The number of phenols is 1. The number of halogens is 1. The number of aromatic amines is 2. The largest absolute Gasteiger partial charge is 0.508 e. The van der Waals surface area contributed by atoms with E-state index in [0.717, 1.165) is 28.0 Å². The van der Waals surface area contributed by atoms with Crippen LogP contribution in [0.25, 0.3) is 55.8 Å². The van der Waals surface area contributed by atoms with Gasteiger partial charge in [0.1, 0.15) is 22.8 Å². The number of carbonyl (C=O) groups is 1. The van der Waals surface area contributed by atoms with Gasteiger partial charge in [-0.15, -0.1) is 0 Å². The molecular weight excluding hydrogens is 473 g/mol.